The van der Waals surface area contributed by atoms with Gasteiger partial charge < -0.3 is 10.2 Å². The van der Waals surface area contributed by atoms with Crippen molar-refractivity contribution >= 4 is 17.7 Å². The molecule has 1 saturated heterocycles. The van der Waals surface area contributed by atoms with Crippen LogP contribution in [0.15, 0.2) is 0 Å². The quantitative estimate of drug-likeness (QED) is 0.726. The Morgan fingerprint density at radius 2 is 2.46 bits per heavy atom. The summed E-state index contributed by atoms with van der Waals surface area (Å²) in [5.41, 5.74) is 0. The first-order valence-electron chi connectivity index (χ1n) is 4.75. The highest BCUT2D eigenvalue weighted by molar-refractivity contribution is 7.98. The molecule has 76 valence electrons. The van der Waals surface area contributed by atoms with Crippen LogP contribution in [0.4, 0.5) is 0 Å². The second-order valence-corrected chi connectivity index (χ2v) is 4.37. The molecule has 0 radical (unpaired) electrons. The lowest BCUT2D eigenvalue weighted by molar-refractivity contribution is -0.133. The van der Waals surface area contributed by atoms with Crippen LogP contribution in [0.5, 0.6) is 0 Å². The smallest absolute Gasteiger partial charge is 0.223 e. The molecule has 1 atom stereocenters. The van der Waals surface area contributed by atoms with Gasteiger partial charge in [-0.25, -0.2) is 0 Å². The number of nitrogens with zero attached hydrogens (tertiary/aromatic N) is 1. The van der Waals surface area contributed by atoms with Crippen molar-refractivity contribution in [1.29, 1.82) is 0 Å². The van der Waals surface area contributed by atoms with Gasteiger partial charge in [-0.3, -0.25) is 4.79 Å². The zero-order valence-electron chi connectivity index (χ0n) is 8.38. The van der Waals surface area contributed by atoms with E-state index in [2.05, 4.69) is 12.2 Å². The molecule has 1 N–H and O–H groups in total. The molecule has 1 aliphatic heterocycles. The Morgan fingerprint density at radius 3 is 3.08 bits per heavy atom. The molecule has 0 saturated carbocycles. The standard InChI is InChI=1S/C9H18N2OS/c1-8-7-10-4-5-11(8)9(12)3-6-13-2/h8,10H,3-7H2,1-2H3/t8-/m1/s1. The molecule has 3 nitrogen and oxygen atoms in total. The maximum absolute atomic E-state index is 11.7. The summed E-state index contributed by atoms with van der Waals surface area (Å²) in [5, 5.41) is 3.28. The summed E-state index contributed by atoms with van der Waals surface area (Å²) in [5.74, 6) is 1.25. The molecule has 1 amide bonds. The second kappa shape index (κ2) is 5.50. The predicted octanol–water partition coefficient (Wildman–Crippen LogP) is 0.560. The number of hydrogen-bond acceptors (Lipinski definition) is 3. The predicted molar refractivity (Wildman–Crippen MR) is 57.0 cm³/mol. The molecule has 0 aromatic heterocycles. The van der Waals surface area contributed by atoms with Crippen molar-refractivity contribution in [1.82, 2.24) is 10.2 Å². The van der Waals surface area contributed by atoms with E-state index < -0.39 is 0 Å². The van der Waals surface area contributed by atoms with Crippen molar-refractivity contribution in [3.8, 4) is 0 Å². The van der Waals surface area contributed by atoms with Crippen LogP contribution in [0.3, 0.4) is 0 Å². The topological polar surface area (TPSA) is 32.3 Å². The average Bonchev–Trinajstić information content (AvgIpc) is 2.15. The maximum atomic E-state index is 11.7. The summed E-state index contributed by atoms with van der Waals surface area (Å²) in [7, 11) is 0. The zero-order chi connectivity index (χ0) is 9.68. The minimum Gasteiger partial charge on any atom is -0.337 e. The van der Waals surface area contributed by atoms with Gasteiger partial charge in [0.1, 0.15) is 0 Å². The van der Waals surface area contributed by atoms with E-state index in [1.54, 1.807) is 11.8 Å². The summed E-state index contributed by atoms with van der Waals surface area (Å²) in [6.45, 7) is 4.85. The van der Waals surface area contributed by atoms with Crippen LogP contribution in [0, 0.1) is 0 Å². The maximum Gasteiger partial charge on any atom is 0.223 e. The third-order valence-electron chi connectivity index (χ3n) is 2.34. The van der Waals surface area contributed by atoms with E-state index in [9.17, 15) is 4.79 Å². The molecule has 0 bridgehead atoms. The van der Waals surface area contributed by atoms with Crippen LogP contribution < -0.4 is 5.32 Å². The number of hydrogen-bond donors (Lipinski definition) is 1. The highest BCUT2D eigenvalue weighted by atomic mass is 32.2. The Bertz CT molecular complexity index is 175. The number of carbonyl (C=O) groups excluding carboxylic acids is 1. The van der Waals surface area contributed by atoms with Crippen LogP contribution in [0.25, 0.3) is 0 Å². The summed E-state index contributed by atoms with van der Waals surface area (Å²) in [4.78, 5) is 13.6. The van der Waals surface area contributed by atoms with Crippen molar-refractivity contribution in [2.75, 3.05) is 31.6 Å². The van der Waals surface area contributed by atoms with Crippen molar-refractivity contribution in [2.24, 2.45) is 0 Å². The Morgan fingerprint density at radius 1 is 1.69 bits per heavy atom. The molecule has 13 heavy (non-hydrogen) atoms. The number of carbonyl (C=O) groups is 1. The van der Waals surface area contributed by atoms with Gasteiger partial charge in [0.15, 0.2) is 0 Å². The Labute approximate surface area is 84.2 Å². The van der Waals surface area contributed by atoms with Crippen LogP contribution >= 0.6 is 11.8 Å². The molecule has 0 spiro atoms. The molecule has 0 aromatic carbocycles. The Balaban J connectivity index is 2.35. The number of amides is 1. The highest BCUT2D eigenvalue weighted by Crippen LogP contribution is 2.06. The van der Waals surface area contributed by atoms with Crippen molar-refractivity contribution in [3.05, 3.63) is 0 Å². The molecule has 0 aliphatic carbocycles. The largest absolute Gasteiger partial charge is 0.337 e. The minimum atomic E-state index is 0.309. The molecule has 1 aliphatic rings. The summed E-state index contributed by atoms with van der Waals surface area (Å²) in [6.07, 6.45) is 2.72. The molecule has 1 heterocycles. The first-order valence-corrected chi connectivity index (χ1v) is 6.14. The van der Waals surface area contributed by atoms with E-state index in [0.717, 1.165) is 25.4 Å². The molecule has 0 aromatic rings. The summed E-state index contributed by atoms with van der Waals surface area (Å²) >= 11 is 1.73. The zero-order valence-corrected chi connectivity index (χ0v) is 9.19. The van der Waals surface area contributed by atoms with Gasteiger partial charge in [-0.1, -0.05) is 0 Å². The molecule has 1 fully saturated rings. The van der Waals surface area contributed by atoms with Crippen molar-refractivity contribution in [2.45, 2.75) is 19.4 Å². The molecule has 1 rings (SSSR count). The second-order valence-electron chi connectivity index (χ2n) is 3.38. The third kappa shape index (κ3) is 3.19. The van der Waals surface area contributed by atoms with Crippen molar-refractivity contribution < 1.29 is 4.79 Å². The fourth-order valence-electron chi connectivity index (χ4n) is 1.54. The van der Waals surface area contributed by atoms with Gasteiger partial charge in [0.05, 0.1) is 0 Å². The summed E-state index contributed by atoms with van der Waals surface area (Å²) < 4.78 is 0. The average molecular weight is 202 g/mol. The molecular weight excluding hydrogens is 184 g/mol. The minimum absolute atomic E-state index is 0.309. The van der Waals surface area contributed by atoms with Gasteiger partial charge in [0.2, 0.25) is 5.91 Å². The summed E-state index contributed by atoms with van der Waals surface area (Å²) in [6, 6.07) is 0.364. The first kappa shape index (κ1) is 10.9. The normalized spacial score (nSPS) is 23.2. The molecule has 0 unspecified atom stereocenters. The number of thioether (sulfide) groups is 1. The van der Waals surface area contributed by atoms with Gasteiger partial charge in [0, 0.05) is 37.8 Å². The van der Waals surface area contributed by atoms with Gasteiger partial charge in [-0.05, 0) is 13.2 Å². The fourth-order valence-corrected chi connectivity index (χ4v) is 1.92. The first-order chi connectivity index (χ1) is 6.25. The van der Waals surface area contributed by atoms with E-state index in [4.69, 9.17) is 0 Å². The van der Waals surface area contributed by atoms with E-state index >= 15 is 0 Å². The van der Waals surface area contributed by atoms with E-state index in [0.29, 0.717) is 18.4 Å². The number of piperazine rings is 1. The Kier molecular flexibility index (Phi) is 4.59. The molecular formula is C9H18N2OS. The van der Waals surface area contributed by atoms with Gasteiger partial charge in [-0.2, -0.15) is 11.8 Å². The fraction of sp³-hybridized carbons (Fsp3) is 0.889. The van der Waals surface area contributed by atoms with Gasteiger partial charge in [0.25, 0.3) is 0 Å². The lowest BCUT2D eigenvalue weighted by Crippen LogP contribution is -2.52. The monoisotopic (exact) mass is 202 g/mol. The Hall–Kier alpha value is -0.220. The molecule has 4 heteroatoms. The van der Waals surface area contributed by atoms with Crippen LogP contribution in [0.2, 0.25) is 0 Å². The van der Waals surface area contributed by atoms with E-state index in [-0.39, 0.29) is 0 Å². The van der Waals surface area contributed by atoms with Crippen LogP contribution in [-0.4, -0.2) is 48.5 Å². The van der Waals surface area contributed by atoms with Crippen molar-refractivity contribution in [3.63, 3.8) is 0 Å². The highest BCUT2D eigenvalue weighted by Gasteiger charge is 2.21. The van der Waals surface area contributed by atoms with Crippen LogP contribution in [-0.2, 0) is 4.79 Å². The van der Waals surface area contributed by atoms with E-state index in [1.165, 1.54) is 0 Å². The lowest BCUT2D eigenvalue weighted by atomic mass is 10.2. The van der Waals surface area contributed by atoms with E-state index in [1.807, 2.05) is 11.2 Å². The van der Waals surface area contributed by atoms with Gasteiger partial charge in [-0.15, -0.1) is 0 Å². The third-order valence-corrected chi connectivity index (χ3v) is 2.95. The van der Waals surface area contributed by atoms with Gasteiger partial charge >= 0.3 is 0 Å². The lowest BCUT2D eigenvalue weighted by Gasteiger charge is -2.34. The number of rotatable bonds is 3. The number of nitrogens with one attached hydrogen (secondary N) is 1. The van der Waals surface area contributed by atoms with Crippen LogP contribution in [0.1, 0.15) is 13.3 Å². The SMILES string of the molecule is CSCCC(=O)N1CCNC[C@H]1C.